The van der Waals surface area contributed by atoms with Crippen molar-refractivity contribution in [2.24, 2.45) is 0 Å². The fourth-order valence-corrected chi connectivity index (χ4v) is 3.33. The Kier molecular flexibility index (Phi) is 3.77. The van der Waals surface area contributed by atoms with Gasteiger partial charge in [0.2, 0.25) is 0 Å². The van der Waals surface area contributed by atoms with E-state index >= 15 is 0 Å². The number of hydrogen-bond donors (Lipinski definition) is 0. The maximum atomic E-state index is 13.5. The maximum absolute atomic E-state index is 13.5. The summed E-state index contributed by atoms with van der Waals surface area (Å²) < 4.78 is 14.3. The third-order valence-electron chi connectivity index (χ3n) is 3.33. The fraction of sp³-hybridized carbons (Fsp3) is 0.0588. The lowest BCUT2D eigenvalue weighted by molar-refractivity contribution is 0.625. The van der Waals surface area contributed by atoms with Gasteiger partial charge in [-0.1, -0.05) is 58.4 Å². The maximum Gasteiger partial charge on any atom is 0.123 e. The topological polar surface area (TPSA) is 0 Å². The summed E-state index contributed by atoms with van der Waals surface area (Å²) in [6.45, 7) is 0. The normalized spacial score (nSPS) is 12.6. The Bertz CT molecular complexity index is 765. The molecule has 0 aliphatic heterocycles. The zero-order valence-corrected chi connectivity index (χ0v) is 12.8. The Hall–Kier alpha value is -1.38. The van der Waals surface area contributed by atoms with E-state index in [-0.39, 0.29) is 5.82 Å². The minimum atomic E-state index is -0.397. The molecule has 0 spiro atoms. The van der Waals surface area contributed by atoms with Crippen LogP contribution in [-0.2, 0) is 0 Å². The molecule has 3 rings (SSSR count). The number of fused-ring (bicyclic) bond motifs is 1. The summed E-state index contributed by atoms with van der Waals surface area (Å²) in [4.78, 5) is 0. The van der Waals surface area contributed by atoms with Gasteiger partial charge >= 0.3 is 0 Å². The van der Waals surface area contributed by atoms with Gasteiger partial charge in [-0.25, -0.2) is 4.39 Å². The molecule has 0 amide bonds. The van der Waals surface area contributed by atoms with E-state index in [1.165, 1.54) is 12.1 Å². The highest BCUT2D eigenvalue weighted by molar-refractivity contribution is 9.10. The average molecular weight is 350 g/mol. The molecule has 0 heterocycles. The highest BCUT2D eigenvalue weighted by Crippen LogP contribution is 2.37. The standard InChI is InChI=1S/C17H11BrClF/c18-16-9-8-12(20)10-15(16)17(19)14-7-3-5-11-4-1-2-6-13(11)14/h1-10,17H. The van der Waals surface area contributed by atoms with E-state index in [0.29, 0.717) is 0 Å². The average Bonchev–Trinajstić information content (AvgIpc) is 2.48. The highest BCUT2D eigenvalue weighted by Gasteiger charge is 2.17. The SMILES string of the molecule is Fc1ccc(Br)c(C(Cl)c2cccc3ccccc23)c1. The Morgan fingerprint density at radius 2 is 1.65 bits per heavy atom. The fourth-order valence-electron chi connectivity index (χ4n) is 2.35. The third kappa shape index (κ3) is 2.46. The van der Waals surface area contributed by atoms with Gasteiger partial charge in [0.1, 0.15) is 5.82 Å². The third-order valence-corrected chi connectivity index (χ3v) is 4.52. The second-order valence-corrected chi connectivity index (χ2v) is 5.89. The molecule has 0 aliphatic rings. The molecule has 20 heavy (non-hydrogen) atoms. The van der Waals surface area contributed by atoms with Crippen molar-refractivity contribution in [1.29, 1.82) is 0 Å². The van der Waals surface area contributed by atoms with Crippen molar-refractivity contribution in [3.8, 4) is 0 Å². The summed E-state index contributed by atoms with van der Waals surface area (Å²) in [5.41, 5.74) is 1.72. The van der Waals surface area contributed by atoms with E-state index in [1.54, 1.807) is 6.07 Å². The summed E-state index contributed by atoms with van der Waals surface area (Å²) in [7, 11) is 0. The number of benzene rings is 3. The van der Waals surface area contributed by atoms with Crippen LogP contribution in [0.15, 0.2) is 65.1 Å². The highest BCUT2D eigenvalue weighted by atomic mass is 79.9. The van der Waals surface area contributed by atoms with Crippen molar-refractivity contribution in [2.75, 3.05) is 0 Å². The first kappa shape index (κ1) is 13.6. The zero-order valence-electron chi connectivity index (χ0n) is 10.5. The number of halogens is 3. The van der Waals surface area contributed by atoms with Gasteiger partial charge < -0.3 is 0 Å². The van der Waals surface area contributed by atoms with E-state index in [4.69, 9.17) is 11.6 Å². The minimum Gasteiger partial charge on any atom is -0.207 e. The summed E-state index contributed by atoms with van der Waals surface area (Å²) in [6, 6.07) is 18.6. The molecular weight excluding hydrogens is 339 g/mol. The van der Waals surface area contributed by atoms with Gasteiger partial charge in [-0.05, 0) is 40.1 Å². The smallest absolute Gasteiger partial charge is 0.123 e. The minimum absolute atomic E-state index is 0.283. The van der Waals surface area contributed by atoms with Crippen LogP contribution in [0.2, 0.25) is 0 Å². The molecule has 0 radical (unpaired) electrons. The molecule has 0 N–H and O–H groups in total. The van der Waals surface area contributed by atoms with E-state index in [2.05, 4.69) is 15.9 Å². The molecule has 3 heteroatoms. The number of hydrogen-bond acceptors (Lipinski definition) is 0. The molecule has 0 saturated heterocycles. The Morgan fingerprint density at radius 3 is 2.50 bits per heavy atom. The molecule has 0 aromatic heterocycles. The molecule has 1 unspecified atom stereocenters. The van der Waals surface area contributed by atoms with Crippen LogP contribution in [0.25, 0.3) is 10.8 Å². The Labute approximate surface area is 130 Å². The largest absolute Gasteiger partial charge is 0.207 e. The second-order valence-electron chi connectivity index (χ2n) is 4.60. The molecule has 0 bridgehead atoms. The predicted molar refractivity (Wildman–Crippen MR) is 85.7 cm³/mol. The lowest BCUT2D eigenvalue weighted by Crippen LogP contribution is -1.96. The Balaban J connectivity index is 2.17. The summed E-state index contributed by atoms with van der Waals surface area (Å²) in [6.07, 6.45) is 0. The van der Waals surface area contributed by atoms with Crippen molar-refractivity contribution >= 4 is 38.3 Å². The van der Waals surface area contributed by atoms with E-state index in [9.17, 15) is 4.39 Å². The second kappa shape index (κ2) is 5.55. The van der Waals surface area contributed by atoms with E-state index < -0.39 is 5.38 Å². The number of alkyl halides is 1. The number of rotatable bonds is 2. The van der Waals surface area contributed by atoms with Gasteiger partial charge in [0.05, 0.1) is 5.38 Å². The quantitative estimate of drug-likeness (QED) is 0.493. The van der Waals surface area contributed by atoms with Crippen LogP contribution in [0, 0.1) is 5.82 Å². The molecule has 3 aromatic rings. The van der Waals surface area contributed by atoms with Crippen LogP contribution in [-0.4, -0.2) is 0 Å². The molecule has 1 atom stereocenters. The Morgan fingerprint density at radius 1 is 0.900 bits per heavy atom. The van der Waals surface area contributed by atoms with E-state index in [0.717, 1.165) is 26.4 Å². The first-order chi connectivity index (χ1) is 9.66. The monoisotopic (exact) mass is 348 g/mol. The van der Waals surface area contributed by atoms with Crippen molar-refractivity contribution in [2.45, 2.75) is 5.38 Å². The lowest BCUT2D eigenvalue weighted by Gasteiger charge is -2.15. The summed E-state index contributed by atoms with van der Waals surface area (Å²) in [5.74, 6) is -0.283. The summed E-state index contributed by atoms with van der Waals surface area (Å²) >= 11 is 10.0. The predicted octanol–water partition coefficient (Wildman–Crippen LogP) is 6.07. The van der Waals surface area contributed by atoms with Crippen LogP contribution in [0.1, 0.15) is 16.5 Å². The summed E-state index contributed by atoms with van der Waals surface area (Å²) in [5, 5.41) is 1.82. The molecule has 0 fully saturated rings. The van der Waals surface area contributed by atoms with Crippen LogP contribution >= 0.6 is 27.5 Å². The van der Waals surface area contributed by atoms with Crippen molar-refractivity contribution in [3.05, 3.63) is 82.1 Å². The molecule has 0 nitrogen and oxygen atoms in total. The molecule has 100 valence electrons. The van der Waals surface area contributed by atoms with Crippen molar-refractivity contribution in [1.82, 2.24) is 0 Å². The van der Waals surface area contributed by atoms with E-state index in [1.807, 2.05) is 42.5 Å². The molecule has 3 aromatic carbocycles. The zero-order chi connectivity index (χ0) is 14.1. The van der Waals surface area contributed by atoms with Crippen LogP contribution in [0.5, 0.6) is 0 Å². The lowest BCUT2D eigenvalue weighted by atomic mass is 9.98. The molecular formula is C17H11BrClF. The molecule has 0 saturated carbocycles. The van der Waals surface area contributed by atoms with Crippen LogP contribution in [0.4, 0.5) is 4.39 Å². The molecule has 0 aliphatic carbocycles. The van der Waals surface area contributed by atoms with Crippen LogP contribution < -0.4 is 0 Å². The van der Waals surface area contributed by atoms with Crippen LogP contribution in [0.3, 0.4) is 0 Å². The van der Waals surface area contributed by atoms with Gasteiger partial charge in [-0.3, -0.25) is 0 Å². The van der Waals surface area contributed by atoms with Gasteiger partial charge in [-0.15, -0.1) is 11.6 Å². The first-order valence-electron chi connectivity index (χ1n) is 6.23. The van der Waals surface area contributed by atoms with Gasteiger partial charge in [0.15, 0.2) is 0 Å². The van der Waals surface area contributed by atoms with Gasteiger partial charge in [0, 0.05) is 4.47 Å². The van der Waals surface area contributed by atoms with Crippen molar-refractivity contribution in [3.63, 3.8) is 0 Å². The van der Waals surface area contributed by atoms with Gasteiger partial charge in [-0.2, -0.15) is 0 Å². The van der Waals surface area contributed by atoms with Crippen molar-refractivity contribution < 1.29 is 4.39 Å². The van der Waals surface area contributed by atoms with Gasteiger partial charge in [0.25, 0.3) is 0 Å². The first-order valence-corrected chi connectivity index (χ1v) is 7.46.